The van der Waals surface area contributed by atoms with E-state index in [0.717, 1.165) is 42.5 Å². The van der Waals surface area contributed by atoms with Crippen molar-refractivity contribution in [2.24, 2.45) is 0 Å². The normalized spacial score (nSPS) is 12.5. The maximum Gasteiger partial charge on any atom is 0.341 e. The predicted molar refractivity (Wildman–Crippen MR) is 144 cm³/mol. The van der Waals surface area contributed by atoms with Gasteiger partial charge in [-0.05, 0) is 36.8 Å². The lowest BCUT2D eigenvalue weighted by Gasteiger charge is -2.13. The number of hydrogen-bond acceptors (Lipinski definition) is 9. The molecule has 0 atom stereocenters. The maximum atomic E-state index is 12.8. The van der Waals surface area contributed by atoms with Crippen LogP contribution in [-0.4, -0.2) is 29.7 Å². The second kappa shape index (κ2) is 11.9. The highest BCUT2D eigenvalue weighted by Gasteiger charge is 2.26. The Morgan fingerprint density at radius 2 is 1.86 bits per heavy atom. The molecule has 188 valence electrons. The van der Waals surface area contributed by atoms with E-state index in [1.807, 2.05) is 18.2 Å². The number of fused-ring (bicyclic) bond motifs is 1. The van der Waals surface area contributed by atoms with Gasteiger partial charge < -0.3 is 15.8 Å². The minimum Gasteiger partial charge on any atom is -0.465 e. The van der Waals surface area contributed by atoms with E-state index in [0.29, 0.717) is 32.5 Å². The SMILES string of the molecule is COC(=O)c1c(NC(=O)CCSc2nc(N)c(C#N)c(-c3ccccc3)c2C#N)sc2c1CCCCC2. The second-order valence-corrected chi connectivity index (χ2v) is 10.6. The largest absolute Gasteiger partial charge is 0.465 e. The summed E-state index contributed by atoms with van der Waals surface area (Å²) in [5, 5.41) is 23.3. The lowest BCUT2D eigenvalue weighted by molar-refractivity contribution is -0.115. The van der Waals surface area contributed by atoms with E-state index < -0.39 is 5.97 Å². The number of esters is 1. The van der Waals surface area contributed by atoms with Crippen LogP contribution in [-0.2, 0) is 22.4 Å². The quantitative estimate of drug-likeness (QED) is 0.237. The summed E-state index contributed by atoms with van der Waals surface area (Å²) in [6.07, 6.45) is 5.00. The summed E-state index contributed by atoms with van der Waals surface area (Å²) in [5.41, 5.74) is 9.05. The highest BCUT2D eigenvalue weighted by molar-refractivity contribution is 7.99. The Bertz CT molecular complexity index is 1420. The number of pyridine rings is 1. The van der Waals surface area contributed by atoms with Crippen LogP contribution in [0.2, 0.25) is 0 Å². The molecule has 0 saturated carbocycles. The summed E-state index contributed by atoms with van der Waals surface area (Å²) in [5.74, 6) is -0.327. The number of benzene rings is 1. The van der Waals surface area contributed by atoms with Gasteiger partial charge in [0.2, 0.25) is 5.91 Å². The number of nitrogens with one attached hydrogen (secondary N) is 1. The number of thiophene rings is 1. The van der Waals surface area contributed by atoms with Gasteiger partial charge in [0.1, 0.15) is 33.5 Å². The Morgan fingerprint density at radius 1 is 1.14 bits per heavy atom. The van der Waals surface area contributed by atoms with E-state index in [1.54, 1.807) is 12.1 Å². The van der Waals surface area contributed by atoms with Crippen molar-refractivity contribution >= 4 is 45.8 Å². The van der Waals surface area contributed by atoms with E-state index in [-0.39, 0.29) is 29.3 Å². The number of anilines is 2. The van der Waals surface area contributed by atoms with E-state index in [9.17, 15) is 20.1 Å². The smallest absolute Gasteiger partial charge is 0.341 e. The topological polar surface area (TPSA) is 142 Å². The molecule has 3 N–H and O–H groups in total. The molecule has 10 heteroatoms. The van der Waals surface area contributed by atoms with Crippen LogP contribution in [0.3, 0.4) is 0 Å². The molecule has 1 aliphatic rings. The molecular weight excluding hydrogens is 506 g/mol. The molecule has 2 heterocycles. The molecular formula is C27H25N5O3S2. The fourth-order valence-electron chi connectivity index (χ4n) is 4.37. The molecule has 0 unspecified atom stereocenters. The first-order valence-corrected chi connectivity index (χ1v) is 13.6. The molecule has 0 bridgehead atoms. The third-order valence-corrected chi connectivity index (χ3v) is 8.29. The van der Waals surface area contributed by atoms with Crippen molar-refractivity contribution in [1.82, 2.24) is 4.98 Å². The van der Waals surface area contributed by atoms with Gasteiger partial charge in [-0.15, -0.1) is 23.1 Å². The van der Waals surface area contributed by atoms with Crippen molar-refractivity contribution in [2.45, 2.75) is 43.6 Å². The maximum absolute atomic E-state index is 12.8. The van der Waals surface area contributed by atoms with Crippen molar-refractivity contribution in [2.75, 3.05) is 23.9 Å². The standard InChI is InChI=1S/C27H25N5O3S2/c1-35-27(34)23-17-10-6-3-7-11-20(17)37-26(23)31-21(33)12-13-36-25-19(15-29)22(16-8-4-2-5-9-16)18(14-28)24(30)32-25/h2,4-5,8-9H,3,6-7,10-13H2,1H3,(H2,30,32)(H,31,33). The Kier molecular flexibility index (Phi) is 8.44. The molecule has 1 aliphatic carbocycles. The van der Waals surface area contributed by atoms with E-state index in [2.05, 4.69) is 22.4 Å². The number of amides is 1. The van der Waals surface area contributed by atoms with Crippen LogP contribution in [0.1, 0.15) is 57.6 Å². The van der Waals surface area contributed by atoms with Crippen LogP contribution in [0, 0.1) is 22.7 Å². The average molecular weight is 532 g/mol. The molecule has 3 aromatic rings. The van der Waals surface area contributed by atoms with Crippen LogP contribution in [0.5, 0.6) is 0 Å². The molecule has 0 saturated heterocycles. The van der Waals surface area contributed by atoms with E-state index in [1.165, 1.54) is 30.2 Å². The molecule has 1 aromatic carbocycles. The molecule has 0 spiro atoms. The van der Waals surface area contributed by atoms with Gasteiger partial charge in [-0.3, -0.25) is 4.79 Å². The number of rotatable bonds is 7. The van der Waals surface area contributed by atoms with Crippen LogP contribution in [0.4, 0.5) is 10.8 Å². The molecule has 8 nitrogen and oxygen atoms in total. The van der Waals surface area contributed by atoms with Gasteiger partial charge in [-0.2, -0.15) is 10.5 Å². The first kappa shape index (κ1) is 26.2. The summed E-state index contributed by atoms with van der Waals surface area (Å²) >= 11 is 2.67. The number of aromatic nitrogens is 1. The molecule has 2 aromatic heterocycles. The van der Waals surface area contributed by atoms with Crippen LogP contribution in [0.15, 0.2) is 35.4 Å². The zero-order chi connectivity index (χ0) is 26.4. The number of nitriles is 2. The zero-order valence-corrected chi connectivity index (χ0v) is 21.9. The van der Waals surface area contributed by atoms with Crippen molar-refractivity contribution in [3.05, 3.63) is 57.5 Å². The van der Waals surface area contributed by atoms with Crippen molar-refractivity contribution in [3.63, 3.8) is 0 Å². The summed E-state index contributed by atoms with van der Waals surface area (Å²) in [7, 11) is 1.35. The van der Waals surface area contributed by atoms with E-state index in [4.69, 9.17) is 10.5 Å². The molecule has 37 heavy (non-hydrogen) atoms. The highest BCUT2D eigenvalue weighted by Crippen LogP contribution is 2.39. The predicted octanol–water partition coefficient (Wildman–Crippen LogP) is 5.31. The number of nitrogens with two attached hydrogens (primary N) is 1. The minimum absolute atomic E-state index is 0.0371. The van der Waals surface area contributed by atoms with Gasteiger partial charge in [-0.25, -0.2) is 9.78 Å². The van der Waals surface area contributed by atoms with Crippen molar-refractivity contribution in [1.29, 1.82) is 10.5 Å². The number of carbonyl (C=O) groups is 2. The number of carbonyl (C=O) groups excluding carboxylic acids is 2. The Hall–Kier alpha value is -3.86. The fraction of sp³-hybridized carbons (Fsp3) is 0.296. The van der Waals surface area contributed by atoms with Gasteiger partial charge in [0.25, 0.3) is 0 Å². The van der Waals surface area contributed by atoms with Crippen LogP contribution >= 0.6 is 23.1 Å². The van der Waals surface area contributed by atoms with Gasteiger partial charge >= 0.3 is 5.97 Å². The van der Waals surface area contributed by atoms with Crippen LogP contribution in [0.25, 0.3) is 11.1 Å². The Labute approximate surface area is 223 Å². The number of hydrogen-bond donors (Lipinski definition) is 2. The number of methoxy groups -OCH3 is 1. The van der Waals surface area contributed by atoms with Crippen molar-refractivity contribution < 1.29 is 14.3 Å². The molecule has 1 amide bonds. The number of aryl methyl sites for hydroxylation is 1. The van der Waals surface area contributed by atoms with Gasteiger partial charge in [-0.1, -0.05) is 36.8 Å². The third kappa shape index (κ3) is 5.61. The van der Waals surface area contributed by atoms with Gasteiger partial charge in [0, 0.05) is 22.6 Å². The summed E-state index contributed by atoms with van der Waals surface area (Å²) in [6, 6.07) is 13.3. The Morgan fingerprint density at radius 3 is 2.57 bits per heavy atom. The first-order valence-electron chi connectivity index (χ1n) is 11.8. The second-order valence-electron chi connectivity index (χ2n) is 8.42. The summed E-state index contributed by atoms with van der Waals surface area (Å²) < 4.78 is 5.00. The highest BCUT2D eigenvalue weighted by atomic mass is 32.2. The average Bonchev–Trinajstić information content (AvgIpc) is 3.07. The Balaban J connectivity index is 1.52. The minimum atomic E-state index is -0.437. The third-order valence-electron chi connectivity index (χ3n) is 6.11. The lowest BCUT2D eigenvalue weighted by Crippen LogP contribution is -2.15. The van der Waals surface area contributed by atoms with E-state index >= 15 is 0 Å². The summed E-state index contributed by atoms with van der Waals surface area (Å²) in [4.78, 5) is 30.8. The number of nitrogen functional groups attached to an aromatic ring is 1. The van der Waals surface area contributed by atoms with Crippen molar-refractivity contribution in [3.8, 4) is 23.3 Å². The van der Waals surface area contributed by atoms with Crippen LogP contribution < -0.4 is 11.1 Å². The van der Waals surface area contributed by atoms with Gasteiger partial charge in [0.05, 0.1) is 18.2 Å². The van der Waals surface area contributed by atoms with Gasteiger partial charge in [0.15, 0.2) is 0 Å². The number of ether oxygens (including phenoxy) is 1. The lowest BCUT2D eigenvalue weighted by atomic mass is 9.97. The molecule has 0 fully saturated rings. The summed E-state index contributed by atoms with van der Waals surface area (Å²) in [6.45, 7) is 0. The molecule has 4 rings (SSSR count). The molecule has 0 radical (unpaired) electrons. The number of thioether (sulfide) groups is 1. The monoisotopic (exact) mass is 531 g/mol. The molecule has 0 aliphatic heterocycles. The first-order chi connectivity index (χ1) is 18.0. The zero-order valence-electron chi connectivity index (χ0n) is 20.3. The number of nitrogens with zero attached hydrogens (tertiary/aromatic N) is 3. The fourth-order valence-corrected chi connectivity index (χ4v) is 6.60.